The molecular weight excluding hydrogens is 442 g/mol. The van der Waals surface area contributed by atoms with Crippen molar-refractivity contribution in [2.75, 3.05) is 19.1 Å². The van der Waals surface area contributed by atoms with Crippen LogP contribution in [-0.2, 0) is 20.8 Å². The molecule has 0 saturated heterocycles. The van der Waals surface area contributed by atoms with Crippen LogP contribution in [0.5, 0.6) is 11.5 Å². The molecule has 3 rings (SSSR count). The van der Waals surface area contributed by atoms with Crippen molar-refractivity contribution >= 4 is 29.7 Å². The van der Waals surface area contributed by atoms with Crippen LogP contribution in [0.25, 0.3) is 6.08 Å². The van der Waals surface area contributed by atoms with Crippen LogP contribution in [0.4, 0.5) is 5.82 Å². The molecule has 1 amide bonds. The van der Waals surface area contributed by atoms with Gasteiger partial charge in [-0.3, -0.25) is 4.79 Å². The molecule has 1 aromatic heterocycles. The van der Waals surface area contributed by atoms with Crippen LogP contribution in [0.3, 0.4) is 0 Å². The van der Waals surface area contributed by atoms with E-state index in [1.54, 1.807) is 6.08 Å². The van der Waals surface area contributed by atoms with Gasteiger partial charge in [0.15, 0.2) is 11.5 Å². The van der Waals surface area contributed by atoms with Gasteiger partial charge in [0, 0.05) is 30.5 Å². The second-order valence-electron chi connectivity index (χ2n) is 7.26. The van der Waals surface area contributed by atoms with E-state index in [4.69, 9.17) is 25.4 Å². The van der Waals surface area contributed by atoms with E-state index < -0.39 is 11.9 Å². The summed E-state index contributed by atoms with van der Waals surface area (Å²) in [7, 11) is 0. The number of amides is 1. The lowest BCUT2D eigenvalue weighted by Crippen LogP contribution is -2.22. The van der Waals surface area contributed by atoms with E-state index >= 15 is 0 Å². The summed E-state index contributed by atoms with van der Waals surface area (Å²) in [5.41, 5.74) is 8.76. The monoisotopic (exact) mass is 469 g/mol. The molecule has 34 heavy (non-hydrogen) atoms. The third-order valence-electron chi connectivity index (χ3n) is 4.39. The first-order valence-corrected chi connectivity index (χ1v) is 10.5. The summed E-state index contributed by atoms with van der Waals surface area (Å²) in [6.07, 6.45) is 7.09. The van der Waals surface area contributed by atoms with Gasteiger partial charge in [-0.1, -0.05) is 6.07 Å². The quantitative estimate of drug-likeness (QED) is 0.319. The van der Waals surface area contributed by atoms with Gasteiger partial charge in [-0.2, -0.15) is 0 Å². The van der Waals surface area contributed by atoms with Crippen LogP contribution in [0.2, 0.25) is 0 Å². The Kier molecular flexibility index (Phi) is 10.1. The molecule has 0 atom stereocenters. The molecular formula is C24H27N3O7. The van der Waals surface area contributed by atoms with Crippen molar-refractivity contribution in [3.63, 3.8) is 0 Å². The number of nitrogens with two attached hydrogens (primary N) is 1. The van der Waals surface area contributed by atoms with Gasteiger partial charge in [-0.25, -0.2) is 14.6 Å². The number of aliphatic carboxylic acids is 2. The van der Waals surface area contributed by atoms with Crippen LogP contribution in [0, 0.1) is 6.92 Å². The number of aryl methyl sites for hydroxylation is 2. The van der Waals surface area contributed by atoms with Gasteiger partial charge >= 0.3 is 11.9 Å². The van der Waals surface area contributed by atoms with Crippen LogP contribution >= 0.6 is 0 Å². The largest absolute Gasteiger partial charge is 0.478 e. The molecule has 0 radical (unpaired) electrons. The number of carboxylic acid groups (broad SMARTS) is 2. The predicted molar refractivity (Wildman–Crippen MR) is 125 cm³/mol. The predicted octanol–water partition coefficient (Wildman–Crippen LogP) is 2.57. The molecule has 0 fully saturated rings. The molecule has 1 aliphatic heterocycles. The summed E-state index contributed by atoms with van der Waals surface area (Å²) in [6, 6.07) is 9.48. The minimum Gasteiger partial charge on any atom is -0.478 e. The molecule has 0 saturated carbocycles. The first-order chi connectivity index (χ1) is 16.2. The Hall–Kier alpha value is -4.34. The number of aromatic nitrogens is 1. The number of unbranched alkanes of at least 4 members (excludes halogenated alkanes) is 1. The highest BCUT2D eigenvalue weighted by molar-refractivity contribution is 5.91. The summed E-state index contributed by atoms with van der Waals surface area (Å²) in [6.45, 7) is 2.88. The number of carbonyl (C=O) groups is 3. The molecule has 1 aliphatic rings. The van der Waals surface area contributed by atoms with E-state index in [0.29, 0.717) is 30.3 Å². The fraction of sp³-hybridized carbons (Fsp3) is 0.250. The molecule has 0 bridgehead atoms. The summed E-state index contributed by atoms with van der Waals surface area (Å²) < 4.78 is 10.6. The Balaban J connectivity index is 0.000000440. The molecule has 2 aromatic rings. The van der Waals surface area contributed by atoms with Gasteiger partial charge in [0.25, 0.3) is 0 Å². The van der Waals surface area contributed by atoms with Crippen molar-refractivity contribution in [3.05, 3.63) is 65.4 Å². The molecule has 10 nitrogen and oxygen atoms in total. The maximum Gasteiger partial charge on any atom is 0.328 e. The van der Waals surface area contributed by atoms with Gasteiger partial charge in [0.1, 0.15) is 5.82 Å². The number of hydrogen-bond acceptors (Lipinski definition) is 7. The lowest BCUT2D eigenvalue weighted by molar-refractivity contribution is -0.134. The zero-order valence-corrected chi connectivity index (χ0v) is 18.7. The van der Waals surface area contributed by atoms with Gasteiger partial charge < -0.3 is 30.7 Å². The number of carbonyl (C=O) groups excluding carboxylic acids is 1. The fourth-order valence-electron chi connectivity index (χ4n) is 2.93. The lowest BCUT2D eigenvalue weighted by Gasteiger charge is -2.05. The molecule has 0 aliphatic carbocycles. The Morgan fingerprint density at radius 1 is 1.03 bits per heavy atom. The van der Waals surface area contributed by atoms with Crippen LogP contribution in [-0.4, -0.2) is 46.4 Å². The first kappa shape index (κ1) is 25.9. The molecule has 2 heterocycles. The van der Waals surface area contributed by atoms with E-state index in [1.807, 2.05) is 37.3 Å². The van der Waals surface area contributed by atoms with Crippen molar-refractivity contribution < 1.29 is 34.1 Å². The number of nitrogen functional groups attached to an aromatic ring is 1. The highest BCUT2D eigenvalue weighted by Gasteiger charge is 2.12. The number of carboxylic acids is 2. The Labute approximate surface area is 196 Å². The topological polar surface area (TPSA) is 161 Å². The minimum absolute atomic E-state index is 0.111. The zero-order valence-electron chi connectivity index (χ0n) is 18.7. The molecule has 180 valence electrons. The Morgan fingerprint density at radius 2 is 1.74 bits per heavy atom. The van der Waals surface area contributed by atoms with E-state index in [2.05, 4.69) is 10.3 Å². The molecule has 0 spiro atoms. The number of fused-ring (bicyclic) bond motifs is 1. The van der Waals surface area contributed by atoms with Crippen molar-refractivity contribution in [2.45, 2.75) is 26.2 Å². The van der Waals surface area contributed by atoms with E-state index in [9.17, 15) is 14.4 Å². The maximum absolute atomic E-state index is 11.9. The third-order valence-corrected chi connectivity index (χ3v) is 4.39. The third kappa shape index (κ3) is 9.86. The number of nitrogens with one attached hydrogen (secondary N) is 1. The number of benzene rings is 1. The Morgan fingerprint density at radius 3 is 2.41 bits per heavy atom. The van der Waals surface area contributed by atoms with Gasteiger partial charge in [-0.05, 0) is 67.7 Å². The molecule has 5 N–H and O–H groups in total. The highest BCUT2D eigenvalue weighted by atomic mass is 16.7. The number of pyridine rings is 1. The summed E-state index contributed by atoms with van der Waals surface area (Å²) in [4.78, 5) is 35.3. The van der Waals surface area contributed by atoms with E-state index in [0.717, 1.165) is 41.8 Å². The van der Waals surface area contributed by atoms with Crippen LogP contribution in [0.1, 0.15) is 29.7 Å². The maximum atomic E-state index is 11.9. The standard InChI is InChI=1S/C20H23N3O3.C4H4O4/c1-14-10-16(23-19(21)11-14)4-2-3-9-22-20(24)8-6-15-5-7-17-18(12-15)26-13-25-17;5-3(6)1-2-4(7)8/h5-8,10-12H,2-4,9,13H2,1H3,(H2,21,23)(H,22,24);1-2H,(H,5,6)(H,7,8). The molecule has 0 unspecified atom stereocenters. The number of nitrogens with zero attached hydrogens (tertiary/aromatic N) is 1. The van der Waals surface area contributed by atoms with Gasteiger partial charge in [0.05, 0.1) is 0 Å². The normalized spacial score (nSPS) is 11.8. The number of anilines is 1. The van der Waals surface area contributed by atoms with Gasteiger partial charge in [-0.15, -0.1) is 0 Å². The average molecular weight is 469 g/mol. The second kappa shape index (κ2) is 13.3. The van der Waals surface area contributed by atoms with Crippen molar-refractivity contribution in [1.82, 2.24) is 10.3 Å². The van der Waals surface area contributed by atoms with Crippen LogP contribution in [0.15, 0.2) is 48.6 Å². The summed E-state index contributed by atoms with van der Waals surface area (Å²) in [5.74, 6) is -0.628. The van der Waals surface area contributed by atoms with Crippen molar-refractivity contribution in [1.29, 1.82) is 0 Å². The number of rotatable bonds is 9. The van der Waals surface area contributed by atoms with Crippen LogP contribution < -0.4 is 20.5 Å². The fourth-order valence-corrected chi connectivity index (χ4v) is 2.93. The minimum atomic E-state index is -1.26. The van der Waals surface area contributed by atoms with Crippen molar-refractivity contribution in [2.24, 2.45) is 0 Å². The lowest BCUT2D eigenvalue weighted by atomic mass is 10.1. The van der Waals surface area contributed by atoms with E-state index in [-0.39, 0.29) is 12.7 Å². The highest BCUT2D eigenvalue weighted by Crippen LogP contribution is 2.32. The SMILES string of the molecule is Cc1cc(N)nc(CCCCNC(=O)C=Cc2ccc3c(c2)OCO3)c1.O=C(O)C=CC(=O)O. The number of ether oxygens (including phenoxy) is 2. The van der Waals surface area contributed by atoms with E-state index in [1.165, 1.54) is 6.08 Å². The molecule has 1 aromatic carbocycles. The molecule has 10 heteroatoms. The second-order valence-corrected chi connectivity index (χ2v) is 7.26. The number of hydrogen-bond donors (Lipinski definition) is 4. The zero-order chi connectivity index (χ0) is 24.9. The van der Waals surface area contributed by atoms with Gasteiger partial charge in [0.2, 0.25) is 12.7 Å². The van der Waals surface area contributed by atoms with Crippen molar-refractivity contribution in [3.8, 4) is 11.5 Å². The first-order valence-electron chi connectivity index (χ1n) is 10.5. The summed E-state index contributed by atoms with van der Waals surface area (Å²) in [5, 5.41) is 18.5. The average Bonchev–Trinajstić information content (AvgIpc) is 3.24. The smallest absolute Gasteiger partial charge is 0.328 e. The Bertz CT molecular complexity index is 1040. The summed E-state index contributed by atoms with van der Waals surface area (Å²) >= 11 is 0.